The summed E-state index contributed by atoms with van der Waals surface area (Å²) in [5.41, 5.74) is 9.81. The Labute approximate surface area is 842 Å². The number of carbonyl (C=O) groups excluding carboxylic acids is 12. The standard InChI is InChI=1S/C39H48F2N3O8P.C27H36F2N3O6P.C27H32N2O5.C16H15NO2/c1-4-27-14-18-30(19-15-27)37(48)42-22-10-9-13-33(35(46)5-2)44-38(49)31(23-29-16-20-32(21-17-29)39(40,41)53(50,51)52)25-36(47)34(43-26(3)45)24-28-11-7-6-8-12-28;1-3-18-8-12-20(13-9-18)25(34)31-16-6-5-7-23(24(33)4-2)32-26(35)22(30)17-19-10-14-21(15-11-19)27(28,29)39(36,37)38;1-3-17-33-26(31)28-16-10-9-15-24(25(30)4-2)29-27(32)34-18-23-21-13-7-5-11-19(21)20-12-6-8-14-22(20)23;1-17-16(18)19-10-15-13-8-4-2-6-11(13)12-7-3-5-9-14(12)15/h6-8,11-12,14-21,31,33-34H,4-5,9-10,13,22-25H2,1-3H3,(H,42,48)(H,43,45)(H,44,49)(H2,50,51,52);8-15,22-23H,3-7,16-17,30H2,1-2H3,(H,31,34)(H,32,35)(H2,36,37,38);3,5-8,11-14,23-24H,1,4,9-10,15-18H2,2H3,(H,28,31)(H,29,32);2-9,15H,10H2,1H3,(H,17,18). The summed E-state index contributed by atoms with van der Waals surface area (Å²) >= 11 is 0. The third-order valence-corrected chi connectivity index (χ3v) is 26.7. The molecule has 776 valence electrons. The van der Waals surface area contributed by atoms with Crippen LogP contribution in [0.15, 0.2) is 237 Å². The maximum atomic E-state index is 14.3. The molecule has 0 heterocycles. The van der Waals surface area contributed by atoms with Crippen molar-refractivity contribution in [3.63, 3.8) is 0 Å². The van der Waals surface area contributed by atoms with Crippen LogP contribution in [0.25, 0.3) is 22.3 Å². The van der Waals surface area contributed by atoms with E-state index in [2.05, 4.69) is 97.6 Å². The molecular formula is C109H131F4N9O21P2. The van der Waals surface area contributed by atoms with Crippen LogP contribution in [0.4, 0.5) is 31.9 Å². The number of Topliss-reactive ketones (excluding diaryl/α,β-unsaturated/α-hetero) is 4. The number of nitrogens with one attached hydrogen (secondary N) is 8. The van der Waals surface area contributed by atoms with Crippen molar-refractivity contribution < 1.29 is 118 Å². The van der Waals surface area contributed by atoms with Gasteiger partial charge < -0.3 is 82.1 Å². The van der Waals surface area contributed by atoms with Gasteiger partial charge in [-0.3, -0.25) is 52.3 Å². The van der Waals surface area contributed by atoms with Gasteiger partial charge >= 0.3 is 44.8 Å². The molecule has 0 spiro atoms. The van der Waals surface area contributed by atoms with E-state index in [1.54, 1.807) is 82.4 Å². The van der Waals surface area contributed by atoms with Crippen molar-refractivity contribution in [2.45, 2.75) is 210 Å². The maximum absolute atomic E-state index is 14.3. The summed E-state index contributed by atoms with van der Waals surface area (Å²) < 4.78 is 94.4. The number of hydrogen-bond acceptors (Lipinski definition) is 18. The number of aryl methyl sites for hydroxylation is 2. The summed E-state index contributed by atoms with van der Waals surface area (Å²) in [5.74, 6) is -4.03. The molecule has 6 unspecified atom stereocenters. The highest BCUT2D eigenvalue weighted by Crippen LogP contribution is 2.60. The van der Waals surface area contributed by atoms with Crippen molar-refractivity contribution in [2.24, 2.45) is 11.7 Å². The molecule has 0 saturated heterocycles. The number of halogens is 4. The number of benzene rings is 9. The number of carbonyl (C=O) groups is 12. The largest absolute Gasteiger partial charge is 0.449 e. The molecule has 36 heteroatoms. The molecule has 2 aliphatic rings. The highest BCUT2D eigenvalue weighted by atomic mass is 31.2. The Kier molecular flexibility index (Phi) is 46.6. The average molecular weight is 2040 g/mol. The van der Waals surface area contributed by atoms with Crippen molar-refractivity contribution in [3.05, 3.63) is 309 Å². The lowest BCUT2D eigenvalue weighted by Crippen LogP contribution is -2.49. The summed E-state index contributed by atoms with van der Waals surface area (Å²) in [5, 5.41) is 21.6. The van der Waals surface area contributed by atoms with Gasteiger partial charge in [0, 0.05) is 99.3 Å². The number of fused-ring (bicyclic) bond motifs is 6. The first-order valence-electron chi connectivity index (χ1n) is 48.4. The first kappa shape index (κ1) is 117. The Morgan fingerprint density at radius 2 is 0.752 bits per heavy atom. The summed E-state index contributed by atoms with van der Waals surface area (Å²) in [6, 6.07) is 60.4. The summed E-state index contributed by atoms with van der Waals surface area (Å²) in [4.78, 5) is 186. The van der Waals surface area contributed by atoms with Crippen LogP contribution in [0.3, 0.4) is 0 Å². The molecular weight excluding hydrogens is 1910 g/mol. The van der Waals surface area contributed by atoms with Crippen molar-refractivity contribution in [1.29, 1.82) is 0 Å². The maximum Gasteiger partial charge on any atom is 0.407 e. The first-order chi connectivity index (χ1) is 69.2. The molecule has 30 nitrogen and oxygen atoms in total. The molecule has 9 aromatic carbocycles. The number of nitrogens with two attached hydrogens (primary N) is 1. The van der Waals surface area contributed by atoms with E-state index in [0.717, 1.165) is 76.1 Å². The van der Waals surface area contributed by atoms with Crippen LogP contribution in [0.1, 0.15) is 219 Å². The normalized spacial score (nSPS) is 13.1. The van der Waals surface area contributed by atoms with E-state index in [4.69, 9.17) is 39.5 Å². The number of hydrogen-bond donors (Lipinski definition) is 13. The molecule has 0 saturated carbocycles. The van der Waals surface area contributed by atoms with Crippen molar-refractivity contribution in [2.75, 3.05) is 46.5 Å². The lowest BCUT2D eigenvalue weighted by Gasteiger charge is -2.24. The third kappa shape index (κ3) is 35.5. The Balaban J connectivity index is 0.000000248. The second-order valence-corrected chi connectivity index (χ2v) is 38.3. The molecule has 145 heavy (non-hydrogen) atoms. The molecule has 8 amide bonds. The minimum absolute atomic E-state index is 0.0358. The van der Waals surface area contributed by atoms with Crippen LogP contribution in [0.2, 0.25) is 0 Å². The minimum Gasteiger partial charge on any atom is -0.449 e. The van der Waals surface area contributed by atoms with E-state index in [-0.39, 0.29) is 105 Å². The van der Waals surface area contributed by atoms with E-state index in [1.165, 1.54) is 59.5 Å². The molecule has 0 radical (unpaired) electrons. The topological polar surface area (TPSA) is 470 Å². The molecule has 14 N–H and O–H groups in total. The quantitative estimate of drug-likeness (QED) is 0.00554. The SMILES string of the molecule is C=CCOC(=O)NCCCCC(NC(=O)OCC1c2ccccc2-c2ccccc21)C(=O)CC.CCC(=O)C(CCCCNC(=O)c1ccc(CC)cc1)NC(=O)C(CC(=O)C(Cc1ccccc1)NC(C)=O)Cc1ccc(C(F)(F)P(=O)(O)O)cc1.CCC(=O)C(CCCCNC(=O)c1ccc(CC)cc1)NC(=O)C(N)Cc1ccc(C(F)(F)P(=O)(O)O)cc1.CNC(=O)OCC1c2ccccc2-c2ccccc21. The van der Waals surface area contributed by atoms with Gasteiger partial charge in [-0.25, -0.2) is 14.4 Å². The predicted molar refractivity (Wildman–Crippen MR) is 544 cm³/mol. The van der Waals surface area contributed by atoms with Crippen LogP contribution in [-0.4, -0.2) is 167 Å². The number of ketones is 4. The molecule has 0 bridgehead atoms. The third-order valence-electron chi connectivity index (χ3n) is 24.7. The zero-order valence-corrected chi connectivity index (χ0v) is 84.2. The van der Waals surface area contributed by atoms with Gasteiger partial charge in [0.2, 0.25) is 17.7 Å². The number of unbranched alkanes of at least 4 members (excludes halogenated alkanes) is 3. The molecule has 11 rings (SSSR count). The molecule has 6 atom stereocenters. The molecule has 0 fully saturated rings. The Morgan fingerprint density at radius 1 is 0.400 bits per heavy atom. The fourth-order valence-electron chi connectivity index (χ4n) is 16.5. The van der Waals surface area contributed by atoms with Gasteiger partial charge in [0.1, 0.15) is 19.8 Å². The second-order valence-electron chi connectivity index (χ2n) is 35.0. The highest BCUT2D eigenvalue weighted by molar-refractivity contribution is 7.53. The highest BCUT2D eigenvalue weighted by Gasteiger charge is 2.51. The predicted octanol–water partition coefficient (Wildman–Crippen LogP) is 16.9. The minimum atomic E-state index is -5.81. The zero-order valence-electron chi connectivity index (χ0n) is 82.4. The van der Waals surface area contributed by atoms with Gasteiger partial charge in [-0.1, -0.05) is 247 Å². The smallest absolute Gasteiger partial charge is 0.407 e. The zero-order chi connectivity index (χ0) is 106. The fourth-order valence-corrected chi connectivity index (χ4v) is 17.5. The Hall–Kier alpha value is -13.5. The number of amides is 8. The fraction of sp³-hybridized carbons (Fsp3) is 0.376. The van der Waals surface area contributed by atoms with Crippen molar-refractivity contribution >= 4 is 86.1 Å². The number of rotatable bonds is 50. The Bertz CT molecular complexity index is 5860. The van der Waals surface area contributed by atoms with E-state index in [9.17, 15) is 84.2 Å². The van der Waals surface area contributed by atoms with Crippen LogP contribution in [-0.2, 0) is 100 Å². The van der Waals surface area contributed by atoms with Crippen LogP contribution < -0.4 is 48.3 Å². The summed E-state index contributed by atoms with van der Waals surface area (Å²) in [7, 11) is -9.93. The van der Waals surface area contributed by atoms with E-state index < -0.39 is 109 Å². The lowest BCUT2D eigenvalue weighted by atomic mass is 9.89. The molecule has 0 aliphatic heterocycles. The van der Waals surface area contributed by atoms with E-state index >= 15 is 0 Å². The number of alkyl carbamates (subject to hydrolysis) is 3. The van der Waals surface area contributed by atoms with Gasteiger partial charge in [-0.05, 0) is 186 Å². The van der Waals surface area contributed by atoms with E-state index in [1.807, 2.05) is 86.6 Å². The molecule has 2 aliphatic carbocycles. The lowest BCUT2D eigenvalue weighted by molar-refractivity contribution is -0.133. The first-order valence-corrected chi connectivity index (χ1v) is 51.7. The van der Waals surface area contributed by atoms with Gasteiger partial charge in [0.15, 0.2) is 23.1 Å². The molecule has 9 aromatic rings. The number of ether oxygens (including phenoxy) is 3. The monoisotopic (exact) mass is 2040 g/mol. The van der Waals surface area contributed by atoms with Gasteiger partial charge in [0.05, 0.1) is 30.2 Å². The second kappa shape index (κ2) is 57.9. The van der Waals surface area contributed by atoms with Crippen molar-refractivity contribution in [3.8, 4) is 22.3 Å². The molecule has 0 aromatic heterocycles. The van der Waals surface area contributed by atoms with Gasteiger partial charge in [-0.2, -0.15) is 17.6 Å². The van der Waals surface area contributed by atoms with Crippen LogP contribution >= 0.6 is 15.2 Å². The summed E-state index contributed by atoms with van der Waals surface area (Å²) in [6.45, 7) is 15.8. The summed E-state index contributed by atoms with van der Waals surface area (Å²) in [6.07, 6.45) is 6.56. The Morgan fingerprint density at radius 3 is 1.12 bits per heavy atom. The van der Waals surface area contributed by atoms with Crippen LogP contribution in [0.5, 0.6) is 0 Å². The van der Waals surface area contributed by atoms with Crippen molar-refractivity contribution in [1.82, 2.24) is 42.5 Å². The van der Waals surface area contributed by atoms with Crippen LogP contribution in [0, 0.1) is 5.92 Å². The van der Waals surface area contributed by atoms with Gasteiger partial charge in [-0.15, -0.1) is 0 Å². The number of alkyl halides is 4. The van der Waals surface area contributed by atoms with Gasteiger partial charge in [0.25, 0.3) is 11.8 Å². The van der Waals surface area contributed by atoms with E-state index in [0.29, 0.717) is 106 Å². The average Bonchev–Trinajstić information content (AvgIpc) is 1.66.